The van der Waals surface area contributed by atoms with Crippen LogP contribution in [0.5, 0.6) is 0 Å². The number of rotatable bonds is 2. The Bertz CT molecular complexity index is 441. The van der Waals surface area contributed by atoms with E-state index in [-0.39, 0.29) is 11.9 Å². The Hall–Kier alpha value is -0.880. The van der Waals surface area contributed by atoms with Gasteiger partial charge in [0.05, 0.1) is 0 Å². The van der Waals surface area contributed by atoms with Crippen LogP contribution in [-0.4, -0.2) is 17.9 Å². The highest BCUT2D eigenvalue weighted by Crippen LogP contribution is 2.29. The lowest BCUT2D eigenvalue weighted by molar-refractivity contribution is -0.120. The van der Waals surface area contributed by atoms with Crippen molar-refractivity contribution in [3.8, 4) is 0 Å². The van der Waals surface area contributed by atoms with E-state index in [1.807, 2.05) is 25.3 Å². The average Bonchev–Trinajstić information content (AvgIpc) is 2.72. The summed E-state index contributed by atoms with van der Waals surface area (Å²) in [6.45, 7) is 4.01. The zero-order valence-corrected chi connectivity index (χ0v) is 11.4. The maximum absolute atomic E-state index is 11.7. The zero-order valence-electron chi connectivity index (χ0n) is 8.95. The van der Waals surface area contributed by atoms with Crippen molar-refractivity contribution in [1.82, 2.24) is 10.6 Å². The molecule has 0 saturated carbocycles. The number of hydrogen-bond acceptors (Lipinski definition) is 4. The van der Waals surface area contributed by atoms with Gasteiger partial charge in [-0.1, -0.05) is 0 Å². The molecule has 0 spiro atoms. The molecule has 6 heteroatoms. The molecule has 4 nitrogen and oxygen atoms in total. The van der Waals surface area contributed by atoms with Crippen molar-refractivity contribution >= 4 is 39.1 Å². The number of thiophene rings is 1. The van der Waals surface area contributed by atoms with Crippen LogP contribution >= 0.6 is 27.3 Å². The molecular formula is C10H12BrN3OS. The third-order valence-corrected chi connectivity index (χ3v) is 3.78. The molecule has 1 aromatic rings. The smallest absolute Gasteiger partial charge is 0.257 e. The summed E-state index contributed by atoms with van der Waals surface area (Å²) in [6, 6.07) is 1.78. The molecule has 2 N–H and O–H groups in total. The number of carbonyl (C=O) groups is 1. The largest absolute Gasteiger partial charge is 0.354 e. The van der Waals surface area contributed by atoms with Crippen LogP contribution < -0.4 is 10.6 Å². The van der Waals surface area contributed by atoms with E-state index in [1.165, 1.54) is 11.3 Å². The number of carbonyl (C=O) groups excluding carboxylic acids is 1. The maximum Gasteiger partial charge on any atom is 0.257 e. The van der Waals surface area contributed by atoms with Crippen LogP contribution in [-0.2, 0) is 4.79 Å². The van der Waals surface area contributed by atoms with Crippen molar-refractivity contribution < 1.29 is 4.79 Å². The first kappa shape index (κ1) is 11.6. The van der Waals surface area contributed by atoms with E-state index in [4.69, 9.17) is 0 Å². The van der Waals surface area contributed by atoms with Crippen LogP contribution in [0.4, 0.5) is 0 Å². The molecule has 0 aromatic carbocycles. The summed E-state index contributed by atoms with van der Waals surface area (Å²) in [5, 5.41) is 7.77. The minimum atomic E-state index is -0.405. The van der Waals surface area contributed by atoms with Crippen LogP contribution in [0.2, 0.25) is 0 Å². The van der Waals surface area contributed by atoms with Gasteiger partial charge in [-0.15, -0.1) is 11.3 Å². The van der Waals surface area contributed by atoms with Crippen LogP contribution in [0.3, 0.4) is 0 Å². The molecule has 1 atom stereocenters. The van der Waals surface area contributed by atoms with Crippen molar-refractivity contribution in [3.05, 3.63) is 20.8 Å². The van der Waals surface area contributed by atoms with E-state index >= 15 is 0 Å². The molecule has 16 heavy (non-hydrogen) atoms. The van der Waals surface area contributed by atoms with E-state index in [0.717, 1.165) is 9.35 Å². The lowest BCUT2D eigenvalue weighted by Crippen LogP contribution is -2.40. The topological polar surface area (TPSA) is 53.5 Å². The molecule has 1 amide bonds. The van der Waals surface area contributed by atoms with Crippen molar-refractivity contribution in [2.75, 3.05) is 0 Å². The number of halogens is 1. The van der Waals surface area contributed by atoms with Gasteiger partial charge in [0.2, 0.25) is 0 Å². The summed E-state index contributed by atoms with van der Waals surface area (Å²) in [5.41, 5.74) is 0. The summed E-state index contributed by atoms with van der Waals surface area (Å²) in [6.07, 6.45) is 0. The fourth-order valence-electron chi connectivity index (χ4n) is 1.42. The van der Waals surface area contributed by atoms with E-state index < -0.39 is 6.04 Å². The monoisotopic (exact) mass is 301 g/mol. The fourth-order valence-corrected chi connectivity index (χ4v) is 2.90. The van der Waals surface area contributed by atoms with E-state index in [1.54, 1.807) is 0 Å². The van der Waals surface area contributed by atoms with Gasteiger partial charge in [-0.2, -0.15) is 0 Å². The first-order valence-electron chi connectivity index (χ1n) is 4.95. The molecule has 1 aromatic heterocycles. The van der Waals surface area contributed by atoms with Gasteiger partial charge >= 0.3 is 0 Å². The molecule has 2 rings (SSSR count). The van der Waals surface area contributed by atoms with Crippen LogP contribution in [0.1, 0.15) is 24.8 Å². The Morgan fingerprint density at radius 1 is 1.62 bits per heavy atom. The molecule has 2 heterocycles. The molecule has 0 radical (unpaired) electrons. The number of nitrogens with one attached hydrogen (secondary N) is 2. The number of nitrogens with zero attached hydrogens (tertiary/aromatic N) is 1. The van der Waals surface area contributed by atoms with Crippen molar-refractivity contribution in [2.45, 2.75) is 25.9 Å². The normalized spacial score (nSPS) is 19.9. The lowest BCUT2D eigenvalue weighted by Gasteiger charge is -2.07. The van der Waals surface area contributed by atoms with Crippen LogP contribution in [0, 0.1) is 0 Å². The first-order valence-corrected chi connectivity index (χ1v) is 6.62. The molecule has 86 valence electrons. The molecule has 0 saturated heterocycles. The maximum atomic E-state index is 11.7. The molecular weight excluding hydrogens is 290 g/mol. The highest BCUT2D eigenvalue weighted by molar-refractivity contribution is 9.10. The van der Waals surface area contributed by atoms with Gasteiger partial charge in [0.1, 0.15) is 0 Å². The van der Waals surface area contributed by atoms with Crippen molar-refractivity contribution in [3.63, 3.8) is 0 Å². The summed E-state index contributed by atoms with van der Waals surface area (Å²) in [7, 11) is 0. The van der Waals surface area contributed by atoms with Crippen molar-refractivity contribution in [1.29, 1.82) is 0 Å². The summed E-state index contributed by atoms with van der Waals surface area (Å²) >= 11 is 4.90. The minimum absolute atomic E-state index is 0.0718. The van der Waals surface area contributed by atoms with Gasteiger partial charge in [0, 0.05) is 20.8 Å². The fraction of sp³-hybridized carbons (Fsp3) is 0.400. The minimum Gasteiger partial charge on any atom is -0.354 e. The first-order chi connectivity index (χ1) is 7.56. The van der Waals surface area contributed by atoms with E-state index in [9.17, 15) is 4.79 Å². The Balaban J connectivity index is 2.17. The molecule has 0 fully saturated rings. The standard InChI is InChI=1S/C10H12BrN3OS/c1-5(2)12-10-13-8(9(15)14-10)7-3-6(11)4-16-7/h3-5,8H,1-2H3,(H2,12,13,14,15). The highest BCUT2D eigenvalue weighted by atomic mass is 79.9. The SMILES string of the molecule is CC(C)NC1=NC(c2cc(Br)cs2)C(=O)N1. The van der Waals surface area contributed by atoms with Crippen LogP contribution in [0.15, 0.2) is 20.9 Å². The Morgan fingerprint density at radius 3 is 2.94 bits per heavy atom. The number of amides is 1. The van der Waals surface area contributed by atoms with Gasteiger partial charge in [-0.05, 0) is 35.8 Å². The predicted octanol–water partition coefficient (Wildman–Crippen LogP) is 2.04. The number of aliphatic imine (C=N–C) groups is 1. The molecule has 1 aliphatic heterocycles. The van der Waals surface area contributed by atoms with Gasteiger partial charge in [-0.25, -0.2) is 4.99 Å². The quantitative estimate of drug-likeness (QED) is 0.878. The van der Waals surface area contributed by atoms with Gasteiger partial charge in [0.15, 0.2) is 12.0 Å². The summed E-state index contributed by atoms with van der Waals surface area (Å²) in [4.78, 5) is 17.0. The lowest BCUT2D eigenvalue weighted by atomic mass is 10.2. The summed E-state index contributed by atoms with van der Waals surface area (Å²) in [5.74, 6) is 0.493. The second-order valence-electron chi connectivity index (χ2n) is 3.84. The molecule has 1 unspecified atom stereocenters. The highest BCUT2D eigenvalue weighted by Gasteiger charge is 2.29. The molecule has 1 aliphatic rings. The Kier molecular flexibility index (Phi) is 3.30. The van der Waals surface area contributed by atoms with Gasteiger partial charge < -0.3 is 5.32 Å². The van der Waals surface area contributed by atoms with E-state index in [0.29, 0.717) is 5.96 Å². The summed E-state index contributed by atoms with van der Waals surface area (Å²) < 4.78 is 0.987. The Morgan fingerprint density at radius 2 is 2.38 bits per heavy atom. The number of guanidine groups is 1. The Labute approximate surface area is 106 Å². The third-order valence-electron chi connectivity index (χ3n) is 2.03. The number of hydrogen-bond donors (Lipinski definition) is 2. The zero-order chi connectivity index (χ0) is 11.7. The second-order valence-corrected chi connectivity index (χ2v) is 5.69. The average molecular weight is 302 g/mol. The predicted molar refractivity (Wildman–Crippen MR) is 68.6 cm³/mol. The van der Waals surface area contributed by atoms with Crippen LogP contribution in [0.25, 0.3) is 0 Å². The molecule has 0 bridgehead atoms. The van der Waals surface area contributed by atoms with Crippen molar-refractivity contribution in [2.24, 2.45) is 4.99 Å². The van der Waals surface area contributed by atoms with E-state index in [2.05, 4.69) is 31.6 Å². The van der Waals surface area contributed by atoms with Gasteiger partial charge in [0.25, 0.3) is 5.91 Å². The molecule has 0 aliphatic carbocycles. The third kappa shape index (κ3) is 2.44. The second kappa shape index (κ2) is 4.55. The van der Waals surface area contributed by atoms with Gasteiger partial charge in [-0.3, -0.25) is 10.1 Å².